The van der Waals surface area contributed by atoms with Crippen molar-refractivity contribution in [1.82, 2.24) is 15.0 Å². The molecule has 2 aromatic heterocycles. The number of hydrogen-bond donors (Lipinski definition) is 1. The number of hydrogen-bond acceptors (Lipinski definition) is 6. The molecule has 25 heavy (non-hydrogen) atoms. The summed E-state index contributed by atoms with van der Waals surface area (Å²) < 4.78 is 5.53. The fourth-order valence-electron chi connectivity index (χ4n) is 2.11. The molecule has 7 heteroatoms. The highest BCUT2D eigenvalue weighted by Crippen LogP contribution is 2.26. The van der Waals surface area contributed by atoms with Crippen molar-refractivity contribution < 1.29 is 9.53 Å². The first kappa shape index (κ1) is 17.0. The van der Waals surface area contributed by atoms with Crippen molar-refractivity contribution in [3.05, 3.63) is 58.3 Å². The minimum Gasteiger partial charge on any atom is -0.424 e. The van der Waals surface area contributed by atoms with Gasteiger partial charge in [-0.1, -0.05) is 13.8 Å². The quantitative estimate of drug-likeness (QED) is 0.734. The van der Waals surface area contributed by atoms with Gasteiger partial charge in [0.1, 0.15) is 10.6 Å². The monoisotopic (exact) mass is 354 g/mol. The Kier molecular flexibility index (Phi) is 5.04. The molecule has 3 aromatic rings. The molecule has 0 bridgehead atoms. The summed E-state index contributed by atoms with van der Waals surface area (Å²) in [7, 11) is 0. The van der Waals surface area contributed by atoms with E-state index in [4.69, 9.17) is 4.74 Å². The van der Waals surface area contributed by atoms with Crippen LogP contribution in [0.25, 0.3) is 0 Å². The summed E-state index contributed by atoms with van der Waals surface area (Å²) in [6, 6.07) is 9.06. The van der Waals surface area contributed by atoms with Crippen molar-refractivity contribution in [2.24, 2.45) is 0 Å². The number of nitrogens with one attached hydrogen (secondary N) is 1. The number of nitrogens with zero attached hydrogens (tertiary/aromatic N) is 3. The van der Waals surface area contributed by atoms with Gasteiger partial charge in [-0.2, -0.15) is 0 Å². The van der Waals surface area contributed by atoms with Gasteiger partial charge in [0.05, 0.1) is 10.7 Å². The van der Waals surface area contributed by atoms with Crippen LogP contribution in [0.2, 0.25) is 0 Å². The highest BCUT2D eigenvalue weighted by Gasteiger charge is 2.17. The van der Waals surface area contributed by atoms with Crippen LogP contribution in [-0.2, 0) is 0 Å². The molecular formula is C18H18N4O2S. The molecule has 0 unspecified atom stereocenters. The largest absolute Gasteiger partial charge is 0.424 e. The lowest BCUT2D eigenvalue weighted by atomic mass is 10.2. The van der Waals surface area contributed by atoms with Crippen LogP contribution in [0.3, 0.4) is 0 Å². The lowest BCUT2D eigenvalue weighted by Crippen LogP contribution is -2.11. The zero-order valence-corrected chi connectivity index (χ0v) is 15.0. The molecule has 0 saturated heterocycles. The number of thiazole rings is 1. The molecule has 3 rings (SSSR count). The number of carbonyl (C=O) groups is 1. The molecule has 0 atom stereocenters. The van der Waals surface area contributed by atoms with Crippen LogP contribution in [0.5, 0.6) is 11.8 Å². The summed E-state index contributed by atoms with van der Waals surface area (Å²) in [5.41, 5.74) is 1.44. The molecule has 0 fully saturated rings. The Hall–Kier alpha value is -2.80. The molecule has 1 N–H and O–H groups in total. The first-order valence-corrected chi connectivity index (χ1v) is 8.68. The minimum atomic E-state index is -0.151. The van der Waals surface area contributed by atoms with Gasteiger partial charge in [-0.15, -0.1) is 11.3 Å². The average molecular weight is 354 g/mol. The average Bonchev–Trinajstić information content (AvgIpc) is 3.00. The molecule has 0 spiro atoms. The van der Waals surface area contributed by atoms with Crippen LogP contribution in [0, 0.1) is 6.92 Å². The number of ether oxygens (including phenoxy) is 1. The number of aryl methyl sites for hydroxylation is 1. The summed E-state index contributed by atoms with van der Waals surface area (Å²) in [5.74, 6) is 0.754. The van der Waals surface area contributed by atoms with Crippen LogP contribution in [-0.4, -0.2) is 20.9 Å². The Labute approximate surface area is 149 Å². The molecule has 0 saturated carbocycles. The minimum absolute atomic E-state index is 0.151. The molecule has 0 aliphatic carbocycles. The summed E-state index contributed by atoms with van der Waals surface area (Å²) in [5, 5.41) is 3.85. The van der Waals surface area contributed by atoms with Crippen molar-refractivity contribution in [1.29, 1.82) is 0 Å². The summed E-state index contributed by atoms with van der Waals surface area (Å²) in [6.45, 7) is 5.98. The number of rotatable bonds is 5. The van der Waals surface area contributed by atoms with E-state index in [1.165, 1.54) is 11.3 Å². The Morgan fingerprint density at radius 2 is 1.84 bits per heavy atom. The van der Waals surface area contributed by atoms with Gasteiger partial charge in [0.15, 0.2) is 0 Å². The topological polar surface area (TPSA) is 77.0 Å². The van der Waals surface area contributed by atoms with Crippen LogP contribution >= 0.6 is 11.3 Å². The maximum Gasteiger partial charge on any atom is 0.321 e. The highest BCUT2D eigenvalue weighted by atomic mass is 32.1. The van der Waals surface area contributed by atoms with Gasteiger partial charge in [0.2, 0.25) is 0 Å². The highest BCUT2D eigenvalue weighted by molar-refractivity contribution is 7.14. The van der Waals surface area contributed by atoms with Gasteiger partial charge in [-0.05, 0) is 37.3 Å². The zero-order chi connectivity index (χ0) is 17.8. The summed E-state index contributed by atoms with van der Waals surface area (Å²) >= 11 is 1.44. The van der Waals surface area contributed by atoms with Gasteiger partial charge in [-0.3, -0.25) is 4.79 Å². The van der Waals surface area contributed by atoms with E-state index >= 15 is 0 Å². The molecule has 128 valence electrons. The molecular weight excluding hydrogens is 336 g/mol. The van der Waals surface area contributed by atoms with Gasteiger partial charge in [-0.25, -0.2) is 15.0 Å². The molecule has 1 aromatic carbocycles. The molecule has 0 aliphatic heterocycles. The van der Waals surface area contributed by atoms with E-state index < -0.39 is 0 Å². The van der Waals surface area contributed by atoms with E-state index in [0.29, 0.717) is 22.2 Å². The second-order valence-electron chi connectivity index (χ2n) is 5.73. The van der Waals surface area contributed by atoms with Crippen molar-refractivity contribution in [2.45, 2.75) is 26.7 Å². The predicted molar refractivity (Wildman–Crippen MR) is 97.4 cm³/mol. The third-order valence-electron chi connectivity index (χ3n) is 3.38. The number of carbonyl (C=O) groups excluding carboxylic acids is 1. The first-order valence-electron chi connectivity index (χ1n) is 7.86. The van der Waals surface area contributed by atoms with Gasteiger partial charge in [0.25, 0.3) is 5.91 Å². The van der Waals surface area contributed by atoms with E-state index in [2.05, 4.69) is 34.1 Å². The molecule has 2 heterocycles. The fourth-order valence-corrected chi connectivity index (χ4v) is 3.08. The normalized spacial score (nSPS) is 10.7. The van der Waals surface area contributed by atoms with Gasteiger partial charge < -0.3 is 10.1 Å². The van der Waals surface area contributed by atoms with Crippen LogP contribution < -0.4 is 10.1 Å². The third kappa shape index (κ3) is 4.19. The second kappa shape index (κ2) is 7.40. The standard InChI is InChI=1S/C18H18N4O2S/c1-11(2)17-21-12(3)15(25-17)16(23)22-13-5-7-14(8-6-13)24-18-19-9-4-10-20-18/h4-11H,1-3H3,(H,22,23). The smallest absolute Gasteiger partial charge is 0.321 e. The van der Waals surface area contributed by atoms with Crippen LogP contribution in [0.4, 0.5) is 5.69 Å². The zero-order valence-electron chi connectivity index (χ0n) is 14.2. The molecule has 1 amide bonds. The maximum absolute atomic E-state index is 12.5. The van der Waals surface area contributed by atoms with Crippen molar-refractivity contribution in [2.75, 3.05) is 5.32 Å². The van der Waals surface area contributed by atoms with Crippen molar-refractivity contribution in [3.8, 4) is 11.8 Å². The molecule has 0 aliphatic rings. The van der Waals surface area contributed by atoms with Crippen LogP contribution in [0.15, 0.2) is 42.7 Å². The van der Waals surface area contributed by atoms with E-state index in [1.807, 2.05) is 6.92 Å². The summed E-state index contributed by atoms with van der Waals surface area (Å²) in [4.78, 5) is 25.6. The van der Waals surface area contributed by atoms with Crippen LogP contribution in [0.1, 0.15) is 40.1 Å². The Bertz CT molecular complexity index is 861. The van der Waals surface area contributed by atoms with Gasteiger partial charge >= 0.3 is 6.01 Å². The van der Waals surface area contributed by atoms with E-state index in [0.717, 1.165) is 10.7 Å². The number of amides is 1. The number of aromatic nitrogens is 3. The van der Waals surface area contributed by atoms with E-state index in [-0.39, 0.29) is 11.9 Å². The van der Waals surface area contributed by atoms with Crippen molar-refractivity contribution in [3.63, 3.8) is 0 Å². The predicted octanol–water partition coefficient (Wildman–Crippen LogP) is 4.41. The lowest BCUT2D eigenvalue weighted by Gasteiger charge is -2.06. The Balaban J connectivity index is 1.68. The SMILES string of the molecule is Cc1nc(C(C)C)sc1C(=O)Nc1ccc(Oc2ncccn2)cc1. The Morgan fingerprint density at radius 3 is 2.44 bits per heavy atom. The van der Waals surface area contributed by atoms with E-state index in [1.54, 1.807) is 42.7 Å². The third-order valence-corrected chi connectivity index (χ3v) is 4.83. The van der Waals surface area contributed by atoms with Crippen molar-refractivity contribution >= 4 is 22.9 Å². The fraction of sp³-hybridized carbons (Fsp3) is 0.222. The Morgan fingerprint density at radius 1 is 1.16 bits per heavy atom. The second-order valence-corrected chi connectivity index (χ2v) is 6.76. The number of anilines is 1. The lowest BCUT2D eigenvalue weighted by molar-refractivity contribution is 0.103. The molecule has 6 nitrogen and oxygen atoms in total. The maximum atomic E-state index is 12.5. The first-order chi connectivity index (χ1) is 12.0. The van der Waals surface area contributed by atoms with Gasteiger partial charge in [0, 0.05) is 24.0 Å². The molecule has 0 radical (unpaired) electrons. The summed E-state index contributed by atoms with van der Waals surface area (Å²) in [6.07, 6.45) is 3.22. The van der Waals surface area contributed by atoms with E-state index in [9.17, 15) is 4.79 Å². The number of benzene rings is 1.